The van der Waals surface area contributed by atoms with Gasteiger partial charge in [0.1, 0.15) is 10.6 Å². The van der Waals surface area contributed by atoms with E-state index in [9.17, 15) is 18.5 Å². The van der Waals surface area contributed by atoms with Crippen molar-refractivity contribution in [2.75, 3.05) is 18.7 Å². The van der Waals surface area contributed by atoms with Gasteiger partial charge in [0.25, 0.3) is 0 Å². The highest BCUT2D eigenvalue weighted by molar-refractivity contribution is 7.90. The highest BCUT2D eigenvalue weighted by atomic mass is 32.2. The standard InChI is InChI=1S/C16H24N2O5S/c1-5-16(6-2)13(10-14(16)23-3)17-11-8-7-9-12(24(4,21)22)15(11)18(19)20/h7-9,13-14,17H,5-6,10H2,1-4H3. The summed E-state index contributed by atoms with van der Waals surface area (Å²) in [5, 5.41) is 14.7. The largest absolute Gasteiger partial charge is 0.381 e. The molecule has 0 amide bonds. The molecule has 7 nitrogen and oxygen atoms in total. The Bertz CT molecular complexity index is 728. The molecule has 24 heavy (non-hydrogen) atoms. The van der Waals surface area contributed by atoms with Crippen LogP contribution in [0, 0.1) is 15.5 Å². The van der Waals surface area contributed by atoms with Gasteiger partial charge in [-0.25, -0.2) is 8.42 Å². The first-order valence-corrected chi connectivity index (χ1v) is 9.87. The van der Waals surface area contributed by atoms with E-state index in [1.54, 1.807) is 13.2 Å². The molecule has 0 aliphatic heterocycles. The zero-order chi connectivity index (χ0) is 18.1. The second-order valence-electron chi connectivity index (χ2n) is 6.28. The van der Waals surface area contributed by atoms with Gasteiger partial charge in [0.05, 0.1) is 11.0 Å². The second-order valence-corrected chi connectivity index (χ2v) is 8.26. The van der Waals surface area contributed by atoms with Gasteiger partial charge >= 0.3 is 5.69 Å². The summed E-state index contributed by atoms with van der Waals surface area (Å²) in [4.78, 5) is 10.6. The molecule has 1 aromatic rings. The highest BCUT2D eigenvalue weighted by Crippen LogP contribution is 2.50. The molecule has 1 fully saturated rings. The first-order valence-electron chi connectivity index (χ1n) is 7.98. The number of rotatable bonds is 7. The molecule has 0 spiro atoms. The zero-order valence-electron chi connectivity index (χ0n) is 14.4. The molecule has 0 bridgehead atoms. The number of anilines is 1. The smallest absolute Gasteiger partial charge is 0.310 e. The summed E-state index contributed by atoms with van der Waals surface area (Å²) in [5.74, 6) is 0. The van der Waals surface area contributed by atoms with Crippen molar-refractivity contribution in [3.05, 3.63) is 28.3 Å². The summed E-state index contributed by atoms with van der Waals surface area (Å²) in [6.07, 6.45) is 3.56. The molecule has 0 aromatic heterocycles. The third kappa shape index (κ3) is 3.00. The lowest BCUT2D eigenvalue weighted by Gasteiger charge is -2.55. The monoisotopic (exact) mass is 356 g/mol. The number of hydrogen-bond acceptors (Lipinski definition) is 6. The lowest BCUT2D eigenvalue weighted by Crippen LogP contribution is -2.60. The van der Waals surface area contributed by atoms with Gasteiger partial charge in [0.15, 0.2) is 9.84 Å². The Morgan fingerprint density at radius 1 is 1.38 bits per heavy atom. The van der Waals surface area contributed by atoms with Gasteiger partial charge in [-0.1, -0.05) is 19.9 Å². The van der Waals surface area contributed by atoms with Crippen LogP contribution >= 0.6 is 0 Å². The number of nitro groups is 1. The Morgan fingerprint density at radius 3 is 2.46 bits per heavy atom. The molecule has 8 heteroatoms. The van der Waals surface area contributed by atoms with Crippen LogP contribution in [-0.2, 0) is 14.6 Å². The van der Waals surface area contributed by atoms with E-state index in [0.717, 1.165) is 25.5 Å². The van der Waals surface area contributed by atoms with Crippen LogP contribution in [0.3, 0.4) is 0 Å². The molecule has 0 heterocycles. The summed E-state index contributed by atoms with van der Waals surface area (Å²) in [6.45, 7) is 4.15. The first kappa shape index (κ1) is 18.7. The number of para-hydroxylation sites is 1. The minimum Gasteiger partial charge on any atom is -0.381 e. The number of ether oxygens (including phenoxy) is 1. The summed E-state index contributed by atoms with van der Waals surface area (Å²) < 4.78 is 29.3. The molecule has 1 saturated carbocycles. The average Bonchev–Trinajstić information content (AvgIpc) is 2.51. The van der Waals surface area contributed by atoms with Crippen molar-refractivity contribution in [3.63, 3.8) is 0 Å². The molecule has 1 aromatic carbocycles. The molecule has 1 aliphatic rings. The van der Waals surface area contributed by atoms with Crippen LogP contribution in [0.15, 0.2) is 23.1 Å². The predicted octanol–water partition coefficient (Wildman–Crippen LogP) is 3.00. The van der Waals surface area contributed by atoms with Crippen LogP contribution in [0.2, 0.25) is 0 Å². The lowest BCUT2D eigenvalue weighted by molar-refractivity contribution is -0.386. The Kier molecular flexibility index (Phi) is 5.19. The van der Waals surface area contributed by atoms with Crippen LogP contribution in [0.25, 0.3) is 0 Å². The Hall–Kier alpha value is -1.67. The van der Waals surface area contributed by atoms with E-state index in [1.165, 1.54) is 12.1 Å². The van der Waals surface area contributed by atoms with E-state index in [0.29, 0.717) is 0 Å². The maximum absolute atomic E-state index is 11.9. The van der Waals surface area contributed by atoms with Crippen LogP contribution in [-0.4, -0.2) is 38.9 Å². The Morgan fingerprint density at radius 2 is 2.00 bits per heavy atom. The number of nitrogens with one attached hydrogen (secondary N) is 1. The molecule has 134 valence electrons. The quantitative estimate of drug-likeness (QED) is 0.595. The SMILES string of the molecule is CCC1(CC)C(Nc2cccc(S(C)(=O)=O)c2[N+](=O)[O-])CC1OC. The van der Waals surface area contributed by atoms with Crippen LogP contribution < -0.4 is 5.32 Å². The Balaban J connectivity index is 2.43. The minimum absolute atomic E-state index is 0.00552. The normalized spacial score (nSPS) is 22.7. The number of nitro benzene ring substituents is 1. The van der Waals surface area contributed by atoms with Gasteiger partial charge < -0.3 is 10.1 Å². The fourth-order valence-corrected chi connectivity index (χ4v) is 4.65. The third-order valence-corrected chi connectivity index (χ3v) is 6.43. The number of hydrogen-bond donors (Lipinski definition) is 1. The minimum atomic E-state index is -3.69. The van der Waals surface area contributed by atoms with Gasteiger partial charge in [-0.05, 0) is 31.4 Å². The van der Waals surface area contributed by atoms with E-state index in [2.05, 4.69) is 19.2 Å². The number of sulfone groups is 1. The molecular formula is C16H24N2O5S. The molecule has 1 N–H and O–H groups in total. The topological polar surface area (TPSA) is 98.5 Å². The molecule has 2 atom stereocenters. The highest BCUT2D eigenvalue weighted by Gasteiger charge is 2.53. The maximum Gasteiger partial charge on any atom is 0.310 e. The third-order valence-electron chi connectivity index (χ3n) is 5.30. The molecule has 2 rings (SSSR count). The van der Waals surface area contributed by atoms with E-state index in [4.69, 9.17) is 4.74 Å². The summed E-state index contributed by atoms with van der Waals surface area (Å²) >= 11 is 0. The van der Waals surface area contributed by atoms with Crippen molar-refractivity contribution in [1.29, 1.82) is 0 Å². The summed E-state index contributed by atoms with van der Waals surface area (Å²) in [6, 6.07) is 4.36. The second kappa shape index (κ2) is 6.68. The van der Waals surface area contributed by atoms with Crippen molar-refractivity contribution in [3.8, 4) is 0 Å². The van der Waals surface area contributed by atoms with Gasteiger partial charge in [-0.15, -0.1) is 0 Å². The van der Waals surface area contributed by atoms with Gasteiger partial charge in [0, 0.05) is 24.8 Å². The van der Waals surface area contributed by atoms with E-state index < -0.39 is 14.8 Å². The van der Waals surface area contributed by atoms with Crippen molar-refractivity contribution in [2.24, 2.45) is 5.41 Å². The van der Waals surface area contributed by atoms with Crippen LogP contribution in [0.1, 0.15) is 33.1 Å². The van der Waals surface area contributed by atoms with Gasteiger partial charge in [-0.3, -0.25) is 10.1 Å². The van der Waals surface area contributed by atoms with Gasteiger partial charge in [0.2, 0.25) is 0 Å². The summed E-state index contributed by atoms with van der Waals surface area (Å²) in [7, 11) is -2.01. The van der Waals surface area contributed by atoms with Crippen molar-refractivity contribution < 1.29 is 18.1 Å². The number of methoxy groups -OCH3 is 1. The molecular weight excluding hydrogens is 332 g/mol. The van der Waals surface area contributed by atoms with Crippen LogP contribution in [0.4, 0.5) is 11.4 Å². The fraction of sp³-hybridized carbons (Fsp3) is 0.625. The Labute approximate surface area is 142 Å². The first-order chi connectivity index (χ1) is 11.2. The number of nitrogens with zero attached hydrogens (tertiary/aromatic N) is 1. The molecule has 1 aliphatic carbocycles. The molecule has 2 unspecified atom stereocenters. The van der Waals surface area contributed by atoms with Crippen molar-refractivity contribution >= 4 is 21.2 Å². The zero-order valence-corrected chi connectivity index (χ0v) is 15.2. The average molecular weight is 356 g/mol. The summed E-state index contributed by atoms with van der Waals surface area (Å²) in [5.41, 5.74) is -0.250. The van der Waals surface area contributed by atoms with Gasteiger partial charge in [-0.2, -0.15) is 0 Å². The van der Waals surface area contributed by atoms with Crippen molar-refractivity contribution in [2.45, 2.75) is 50.2 Å². The fourth-order valence-electron chi connectivity index (χ4n) is 3.79. The van der Waals surface area contributed by atoms with E-state index in [-0.39, 0.29) is 33.8 Å². The van der Waals surface area contributed by atoms with Crippen molar-refractivity contribution in [1.82, 2.24) is 0 Å². The predicted molar refractivity (Wildman–Crippen MR) is 92.0 cm³/mol. The maximum atomic E-state index is 11.9. The van der Waals surface area contributed by atoms with E-state index in [1.807, 2.05) is 0 Å². The molecule has 0 saturated heterocycles. The van der Waals surface area contributed by atoms with Crippen LogP contribution in [0.5, 0.6) is 0 Å². The molecule has 0 radical (unpaired) electrons. The lowest BCUT2D eigenvalue weighted by atomic mass is 9.58. The van der Waals surface area contributed by atoms with E-state index >= 15 is 0 Å². The number of benzene rings is 1.